The molecular formula is C27H29N9O3. The quantitative estimate of drug-likeness (QED) is 0.396. The van der Waals surface area contributed by atoms with E-state index in [4.69, 9.17) is 19.2 Å². The number of carbonyl (C=O) groups excluding carboxylic acids is 1. The van der Waals surface area contributed by atoms with Crippen LogP contribution in [0.5, 0.6) is 0 Å². The maximum absolute atomic E-state index is 12.3. The molecule has 1 fully saturated rings. The third-order valence-corrected chi connectivity index (χ3v) is 6.82. The first-order valence-electron chi connectivity index (χ1n) is 12.9. The second kappa shape index (κ2) is 10.7. The highest BCUT2D eigenvalue weighted by atomic mass is 16.5. The highest BCUT2D eigenvalue weighted by Crippen LogP contribution is 2.32. The van der Waals surface area contributed by atoms with E-state index < -0.39 is 6.03 Å². The number of morpholine rings is 1. The van der Waals surface area contributed by atoms with Crippen LogP contribution in [-0.4, -0.2) is 63.5 Å². The molecule has 0 aliphatic carbocycles. The lowest BCUT2D eigenvalue weighted by molar-refractivity contribution is 0.0984. The number of anilines is 4. The molecule has 2 amide bonds. The monoisotopic (exact) mass is 527 g/mol. The molecule has 4 aromatic rings. The van der Waals surface area contributed by atoms with E-state index in [0.29, 0.717) is 37.0 Å². The number of nitrogens with one attached hydrogen (secondary N) is 2. The Hall–Kier alpha value is -4.58. The topological polar surface area (TPSA) is 134 Å². The number of fused-ring (bicyclic) bond motifs is 1. The lowest BCUT2D eigenvalue weighted by Gasteiger charge is -2.38. The van der Waals surface area contributed by atoms with Crippen molar-refractivity contribution < 1.29 is 14.1 Å². The zero-order chi connectivity index (χ0) is 26.8. The van der Waals surface area contributed by atoms with Gasteiger partial charge < -0.3 is 24.4 Å². The van der Waals surface area contributed by atoms with Gasteiger partial charge in [0, 0.05) is 48.4 Å². The normalized spacial score (nSPS) is 17.0. The zero-order valence-electron chi connectivity index (χ0n) is 21.8. The van der Waals surface area contributed by atoms with Gasteiger partial charge in [0.2, 0.25) is 5.88 Å². The molecule has 6 rings (SSSR count). The molecule has 200 valence electrons. The average molecular weight is 528 g/mol. The molecule has 5 heterocycles. The Morgan fingerprint density at radius 2 is 1.97 bits per heavy atom. The molecule has 1 atom stereocenters. The van der Waals surface area contributed by atoms with Gasteiger partial charge in [-0.1, -0.05) is 5.16 Å². The number of aryl methyl sites for hydroxylation is 1. The Balaban J connectivity index is 1.28. The van der Waals surface area contributed by atoms with Crippen LogP contribution in [0, 0.1) is 6.92 Å². The summed E-state index contributed by atoms with van der Waals surface area (Å²) in [5, 5.41) is 9.19. The maximum atomic E-state index is 12.3. The van der Waals surface area contributed by atoms with Gasteiger partial charge in [-0.3, -0.25) is 10.3 Å². The Kier molecular flexibility index (Phi) is 6.76. The average Bonchev–Trinajstić information content (AvgIpc) is 3.37. The molecule has 12 nitrogen and oxygen atoms in total. The molecule has 0 spiro atoms. The van der Waals surface area contributed by atoms with Crippen molar-refractivity contribution in [3.8, 4) is 11.4 Å². The number of nitrogens with zero attached hydrogens (tertiary/aromatic N) is 7. The highest BCUT2D eigenvalue weighted by molar-refractivity contribution is 5.99. The van der Waals surface area contributed by atoms with Crippen LogP contribution in [0.25, 0.3) is 11.4 Å². The second-order valence-electron chi connectivity index (χ2n) is 9.64. The van der Waals surface area contributed by atoms with Crippen LogP contribution in [0.4, 0.5) is 28.0 Å². The molecule has 1 aromatic carbocycles. The van der Waals surface area contributed by atoms with Gasteiger partial charge >= 0.3 is 6.03 Å². The van der Waals surface area contributed by atoms with Crippen LogP contribution in [0.1, 0.15) is 23.9 Å². The third-order valence-electron chi connectivity index (χ3n) is 6.82. The van der Waals surface area contributed by atoms with Gasteiger partial charge in [-0.05, 0) is 44.5 Å². The molecular weight excluding hydrogens is 498 g/mol. The van der Waals surface area contributed by atoms with E-state index in [1.54, 1.807) is 31.6 Å². The van der Waals surface area contributed by atoms with Crippen LogP contribution in [0.2, 0.25) is 0 Å². The number of hydrogen-bond acceptors (Lipinski definition) is 10. The van der Waals surface area contributed by atoms with Gasteiger partial charge in [0.1, 0.15) is 11.6 Å². The van der Waals surface area contributed by atoms with Gasteiger partial charge in [-0.2, -0.15) is 0 Å². The van der Waals surface area contributed by atoms with Crippen LogP contribution in [-0.2, 0) is 17.7 Å². The van der Waals surface area contributed by atoms with Crippen LogP contribution < -0.4 is 20.4 Å². The Labute approximate surface area is 225 Å². The smallest absolute Gasteiger partial charge is 0.326 e. The molecule has 0 radical (unpaired) electrons. The fourth-order valence-electron chi connectivity index (χ4n) is 4.87. The van der Waals surface area contributed by atoms with E-state index in [0.717, 1.165) is 42.4 Å². The van der Waals surface area contributed by atoms with E-state index >= 15 is 0 Å². The largest absolute Gasteiger partial charge is 0.377 e. The minimum absolute atomic E-state index is 0.210. The fourth-order valence-corrected chi connectivity index (χ4v) is 4.87. The second-order valence-corrected chi connectivity index (χ2v) is 9.64. The number of carbonyl (C=O) groups is 1. The van der Waals surface area contributed by atoms with Crippen molar-refractivity contribution in [2.75, 3.05) is 46.7 Å². The summed E-state index contributed by atoms with van der Waals surface area (Å²) in [6, 6.07) is 8.91. The van der Waals surface area contributed by atoms with Gasteiger partial charge in [0.25, 0.3) is 0 Å². The van der Waals surface area contributed by atoms with Gasteiger partial charge in [0.15, 0.2) is 5.82 Å². The number of ether oxygens (including phenoxy) is 1. The van der Waals surface area contributed by atoms with E-state index in [1.165, 1.54) is 5.56 Å². The highest BCUT2D eigenvalue weighted by Gasteiger charge is 2.29. The van der Waals surface area contributed by atoms with Crippen LogP contribution >= 0.6 is 0 Å². The Morgan fingerprint density at radius 3 is 2.72 bits per heavy atom. The van der Waals surface area contributed by atoms with E-state index in [-0.39, 0.29) is 11.9 Å². The summed E-state index contributed by atoms with van der Waals surface area (Å²) >= 11 is 0. The summed E-state index contributed by atoms with van der Waals surface area (Å²) in [4.78, 5) is 35.7. The third kappa shape index (κ3) is 5.36. The SMILES string of the molecule is Cc1cc(NC(=O)Nc2ccc(-c3nc4c(c(N5CCOC[C@@H]5C)n3)CCN(c3cnccn3)C4)cc2)on1. The number of amides is 2. The lowest BCUT2D eigenvalue weighted by Crippen LogP contribution is -2.45. The zero-order valence-corrected chi connectivity index (χ0v) is 21.8. The van der Waals surface area contributed by atoms with Crippen molar-refractivity contribution in [3.63, 3.8) is 0 Å². The van der Waals surface area contributed by atoms with Crippen molar-refractivity contribution in [2.45, 2.75) is 32.9 Å². The minimum atomic E-state index is -0.420. The Morgan fingerprint density at radius 1 is 1.10 bits per heavy atom. The predicted octanol–water partition coefficient (Wildman–Crippen LogP) is 3.66. The summed E-state index contributed by atoms with van der Waals surface area (Å²) < 4.78 is 10.7. The van der Waals surface area contributed by atoms with Crippen molar-refractivity contribution in [1.82, 2.24) is 25.1 Å². The summed E-state index contributed by atoms with van der Waals surface area (Å²) in [6.07, 6.45) is 5.98. The standard InChI is InChI=1S/C27H29N9O3/c1-17-13-24(39-34-17)32-27(37)30-20-5-3-19(4-6-20)25-31-22-15-35(23-14-28-8-9-29-23)10-7-21(22)26(33-25)36-11-12-38-16-18(36)2/h3-6,8-9,13-14,18H,7,10-12,15-16H2,1-2H3,(H2,30,32,37)/t18-/m0/s1. The van der Waals surface area contributed by atoms with Crippen molar-refractivity contribution in [2.24, 2.45) is 0 Å². The van der Waals surface area contributed by atoms with E-state index in [9.17, 15) is 4.79 Å². The Bertz CT molecular complexity index is 1460. The maximum Gasteiger partial charge on any atom is 0.326 e. The molecule has 39 heavy (non-hydrogen) atoms. The molecule has 1 saturated heterocycles. The molecule has 0 bridgehead atoms. The summed E-state index contributed by atoms with van der Waals surface area (Å²) in [7, 11) is 0. The number of benzene rings is 1. The summed E-state index contributed by atoms with van der Waals surface area (Å²) in [5.41, 5.74) is 4.32. The lowest BCUT2D eigenvalue weighted by atomic mass is 10.0. The molecule has 2 N–H and O–H groups in total. The van der Waals surface area contributed by atoms with Crippen molar-refractivity contribution >= 4 is 29.2 Å². The number of rotatable bonds is 5. The van der Waals surface area contributed by atoms with Gasteiger partial charge in [-0.15, -0.1) is 0 Å². The molecule has 2 aliphatic heterocycles. The summed E-state index contributed by atoms with van der Waals surface area (Å²) in [6.45, 7) is 7.49. The first-order valence-corrected chi connectivity index (χ1v) is 12.9. The van der Waals surface area contributed by atoms with E-state index in [1.807, 2.05) is 24.3 Å². The molecule has 0 unspecified atom stereocenters. The molecule has 0 saturated carbocycles. The summed E-state index contributed by atoms with van der Waals surface area (Å²) in [5.74, 6) is 2.72. The van der Waals surface area contributed by atoms with Crippen LogP contribution in [0.15, 0.2) is 53.4 Å². The molecule has 3 aromatic heterocycles. The minimum Gasteiger partial charge on any atom is -0.377 e. The van der Waals surface area contributed by atoms with Crippen LogP contribution in [0.3, 0.4) is 0 Å². The van der Waals surface area contributed by atoms with Gasteiger partial charge in [0.05, 0.1) is 43.4 Å². The van der Waals surface area contributed by atoms with E-state index in [2.05, 4.69) is 42.5 Å². The predicted molar refractivity (Wildman–Crippen MR) is 146 cm³/mol. The number of hydrogen-bond donors (Lipinski definition) is 2. The fraction of sp³-hybridized carbons (Fsp3) is 0.333. The molecule has 2 aliphatic rings. The first kappa shape index (κ1) is 24.7. The number of urea groups is 1. The molecule has 12 heteroatoms. The van der Waals surface area contributed by atoms with Crippen molar-refractivity contribution in [1.29, 1.82) is 0 Å². The number of aromatic nitrogens is 5. The van der Waals surface area contributed by atoms with Crippen molar-refractivity contribution in [3.05, 3.63) is 65.9 Å². The van der Waals surface area contributed by atoms with Gasteiger partial charge in [-0.25, -0.2) is 19.7 Å². The first-order chi connectivity index (χ1) is 19.0.